The van der Waals surface area contributed by atoms with Crippen LogP contribution in [0, 0.1) is 0 Å². The van der Waals surface area contributed by atoms with Crippen LogP contribution in [0.1, 0.15) is 0 Å². The van der Waals surface area contributed by atoms with E-state index in [2.05, 4.69) is 146 Å². The molecule has 2 aromatic carbocycles. The predicted molar refractivity (Wildman–Crippen MR) is 169 cm³/mol. The minimum Gasteiger partial charge on any atom is -0.0622 e. The number of hydrogen-bond donors (Lipinski definition) is 0. The minimum absolute atomic E-state index is 0.777. The average molecular weight is 615 g/mol. The molecule has 2 aromatic rings. The van der Waals surface area contributed by atoms with Crippen molar-refractivity contribution in [1.82, 2.24) is 6.38 Å². The van der Waals surface area contributed by atoms with Crippen molar-refractivity contribution in [2.24, 2.45) is 0 Å². The van der Waals surface area contributed by atoms with E-state index in [1.165, 1.54) is 10.6 Å². The van der Waals surface area contributed by atoms with Gasteiger partial charge in [-0.3, -0.25) is 0 Å². The molecule has 1 radical (unpaired) electrons. The standard InChI is InChI=1S/C12H36ClGeN2Si4.C12H11P/c1-17(2,3)15(18(4,5)6)14(13)16(19(7,8)9)20(10,11)12;1-3-7-11(8-4-1)13-12-9-5-2-6-10-12/h1-12H3;1-10,13H. The van der Waals surface area contributed by atoms with E-state index < -0.39 is 46.8 Å². The summed E-state index contributed by atoms with van der Waals surface area (Å²) in [6.07, 6.45) is 0. The molecule has 0 aromatic heterocycles. The third-order valence-corrected chi connectivity index (χ3v) is 47.1. The van der Waals surface area contributed by atoms with Crippen molar-refractivity contribution in [2.45, 2.75) is 78.6 Å². The third kappa shape index (κ3) is 11.0. The molecular weight excluding hydrogens is 568 g/mol. The van der Waals surface area contributed by atoms with Crippen LogP contribution >= 0.6 is 18.6 Å². The molecule has 0 atom stereocenters. The van der Waals surface area contributed by atoms with Gasteiger partial charge < -0.3 is 0 Å². The number of benzene rings is 2. The van der Waals surface area contributed by atoms with Crippen LogP contribution in [-0.2, 0) is 0 Å². The Kier molecular flexibility index (Phi) is 12.1. The summed E-state index contributed by atoms with van der Waals surface area (Å²) in [5, 5.41) is 2.79. The maximum Gasteiger partial charge on any atom is -0.0226 e. The van der Waals surface area contributed by atoms with Gasteiger partial charge in [0.05, 0.1) is 0 Å². The summed E-state index contributed by atoms with van der Waals surface area (Å²) in [7, 11) is 2.62. The second kappa shape index (κ2) is 12.6. The molecule has 0 N–H and O–H groups in total. The monoisotopic (exact) mass is 615 g/mol. The van der Waals surface area contributed by atoms with Crippen LogP contribution in [0.2, 0.25) is 78.6 Å². The van der Waals surface area contributed by atoms with Crippen LogP contribution in [0.3, 0.4) is 0 Å². The Morgan fingerprint density at radius 2 is 0.758 bits per heavy atom. The molecule has 2 rings (SSSR count). The number of halogens is 1. The van der Waals surface area contributed by atoms with Gasteiger partial charge in [-0.2, -0.15) is 0 Å². The second-order valence-corrected chi connectivity index (χ2v) is 42.4. The molecule has 0 spiro atoms. The average Bonchev–Trinajstić information content (AvgIpc) is 2.58. The predicted octanol–water partition coefficient (Wildman–Crippen LogP) is 7.47. The van der Waals surface area contributed by atoms with Gasteiger partial charge in [-0.15, -0.1) is 0 Å². The number of rotatable bonds is 8. The smallest absolute Gasteiger partial charge is 0.0226 e. The molecule has 0 saturated carbocycles. The van der Waals surface area contributed by atoms with Crippen LogP contribution in [-0.4, -0.2) is 53.2 Å². The van der Waals surface area contributed by atoms with E-state index in [0.717, 1.165) is 8.58 Å². The van der Waals surface area contributed by atoms with Crippen molar-refractivity contribution in [1.29, 1.82) is 0 Å². The molecule has 0 heterocycles. The summed E-state index contributed by atoms with van der Waals surface area (Å²) in [5.74, 6) is 0. The third-order valence-electron chi connectivity index (χ3n) is 4.89. The Morgan fingerprint density at radius 1 is 0.515 bits per heavy atom. The van der Waals surface area contributed by atoms with E-state index in [1.54, 1.807) is 0 Å². The van der Waals surface area contributed by atoms with Gasteiger partial charge in [-0.05, 0) is 10.6 Å². The van der Waals surface area contributed by atoms with E-state index in [-0.39, 0.29) is 0 Å². The minimum atomic E-state index is -1.87. The van der Waals surface area contributed by atoms with E-state index >= 15 is 0 Å². The zero-order valence-electron chi connectivity index (χ0n) is 23.0. The molecule has 0 saturated heterocycles. The van der Waals surface area contributed by atoms with E-state index in [9.17, 15) is 0 Å². The quantitative estimate of drug-likeness (QED) is 0.225. The Hall–Kier alpha value is 0.490. The number of hydrogen-bond acceptors (Lipinski definition) is 2. The van der Waals surface area contributed by atoms with Crippen LogP contribution in [0.15, 0.2) is 60.7 Å². The molecule has 33 heavy (non-hydrogen) atoms. The summed E-state index contributed by atoms with van der Waals surface area (Å²) >= 11 is -1.87. The first-order valence-electron chi connectivity index (χ1n) is 11.9. The normalized spacial score (nSPS) is 13.3. The molecule has 0 aliphatic heterocycles. The van der Waals surface area contributed by atoms with Gasteiger partial charge in [0, 0.05) is 0 Å². The molecule has 0 bridgehead atoms. The van der Waals surface area contributed by atoms with E-state index in [1.807, 2.05) is 0 Å². The fourth-order valence-corrected chi connectivity index (χ4v) is 58.1. The van der Waals surface area contributed by atoms with Crippen molar-refractivity contribution < 1.29 is 0 Å². The zero-order chi connectivity index (χ0) is 25.7. The Morgan fingerprint density at radius 3 is 0.970 bits per heavy atom. The fraction of sp³-hybridized carbons (Fsp3) is 0.500. The first kappa shape index (κ1) is 31.5. The largest absolute Gasteiger partial charge is 0.0622 e. The second-order valence-electron chi connectivity index (χ2n) is 12.5. The molecule has 0 fully saturated rings. The molecule has 0 amide bonds. The maximum absolute atomic E-state index is 7.31. The maximum atomic E-state index is 7.31. The van der Waals surface area contributed by atoms with Gasteiger partial charge in [0.2, 0.25) is 0 Å². The molecule has 2 nitrogen and oxygen atoms in total. The van der Waals surface area contributed by atoms with Crippen molar-refractivity contribution in [3.05, 3.63) is 60.7 Å². The van der Waals surface area contributed by atoms with Crippen molar-refractivity contribution in [2.75, 3.05) is 0 Å². The Labute approximate surface area is 220 Å². The van der Waals surface area contributed by atoms with Crippen molar-refractivity contribution in [3.8, 4) is 0 Å². The fourth-order valence-electron chi connectivity index (χ4n) is 4.43. The van der Waals surface area contributed by atoms with Crippen molar-refractivity contribution in [3.63, 3.8) is 0 Å². The molecule has 9 heteroatoms. The van der Waals surface area contributed by atoms with Gasteiger partial charge in [0.25, 0.3) is 0 Å². The Balaban J connectivity index is 0.000000357. The summed E-state index contributed by atoms with van der Waals surface area (Å²) in [4.78, 5) is 0. The summed E-state index contributed by atoms with van der Waals surface area (Å²) in [6, 6.07) is 21.2. The zero-order valence-corrected chi connectivity index (χ0v) is 30.9. The number of nitrogens with zero attached hydrogens (tertiary/aromatic N) is 2. The van der Waals surface area contributed by atoms with Crippen LogP contribution in [0.5, 0.6) is 0 Å². The molecule has 0 aliphatic carbocycles. The van der Waals surface area contributed by atoms with Gasteiger partial charge in [0.1, 0.15) is 0 Å². The van der Waals surface area contributed by atoms with Crippen LogP contribution in [0.25, 0.3) is 0 Å². The topological polar surface area (TPSA) is 6.48 Å². The van der Waals surface area contributed by atoms with E-state index in [0.29, 0.717) is 0 Å². The summed E-state index contributed by atoms with van der Waals surface area (Å²) in [5.41, 5.74) is 0. The van der Waals surface area contributed by atoms with E-state index in [4.69, 9.17) is 10.0 Å². The SMILES string of the molecule is C[Si](C)(C)[N]([Ge]([Cl])[N]([Si](C)(C)C)[Si](C)(C)C)[Si](C)(C)C.c1ccc(Pc2ccccc2)cc1. The summed E-state index contributed by atoms with van der Waals surface area (Å²) in [6.45, 7) is 29.8. The molecule has 0 unspecified atom stereocenters. The first-order chi connectivity index (χ1) is 14.8. The summed E-state index contributed by atoms with van der Waals surface area (Å²) < 4.78 is 5.83. The molecule has 185 valence electrons. The van der Waals surface area contributed by atoms with Crippen LogP contribution < -0.4 is 10.6 Å². The first-order valence-corrected chi connectivity index (χ1v) is 31.3. The molecular formula is C24H47ClGeN2PSi4. The molecule has 0 aliphatic rings. The van der Waals surface area contributed by atoms with Gasteiger partial charge in [-0.1, -0.05) is 69.2 Å². The van der Waals surface area contributed by atoms with Gasteiger partial charge in [-0.25, -0.2) is 0 Å². The van der Waals surface area contributed by atoms with Gasteiger partial charge >= 0.3 is 142 Å². The van der Waals surface area contributed by atoms with Crippen molar-refractivity contribution >= 4 is 76.0 Å². The van der Waals surface area contributed by atoms with Crippen LogP contribution in [0.4, 0.5) is 0 Å². The Bertz CT molecular complexity index is 735. The van der Waals surface area contributed by atoms with Gasteiger partial charge in [0.15, 0.2) is 0 Å².